The summed E-state index contributed by atoms with van der Waals surface area (Å²) in [4.78, 5) is 57.5. The average molecular weight is 513 g/mol. The van der Waals surface area contributed by atoms with Crippen molar-refractivity contribution in [1.29, 1.82) is 0 Å². The summed E-state index contributed by atoms with van der Waals surface area (Å²) >= 11 is 1.57. The number of imidazole rings is 1. The molecule has 6 unspecified atom stereocenters. The van der Waals surface area contributed by atoms with Gasteiger partial charge in [0.1, 0.15) is 18.1 Å². The van der Waals surface area contributed by atoms with E-state index >= 15 is 0 Å². The number of rotatable bonds is 16. The Kier molecular flexibility index (Phi) is 13.4. The Bertz CT molecular complexity index is 821. The van der Waals surface area contributed by atoms with Gasteiger partial charge in [-0.15, -0.1) is 0 Å². The number of H-pyrrole nitrogens is 1. The van der Waals surface area contributed by atoms with Crippen LogP contribution in [0, 0.1) is 11.8 Å². The van der Waals surface area contributed by atoms with E-state index in [0.29, 0.717) is 30.7 Å². The van der Waals surface area contributed by atoms with Gasteiger partial charge in [0.15, 0.2) is 0 Å². The van der Waals surface area contributed by atoms with Gasteiger partial charge in [-0.05, 0) is 30.3 Å². The number of carboxylic acid groups (broad SMARTS) is 1. The first kappa shape index (κ1) is 30.4. The summed E-state index contributed by atoms with van der Waals surface area (Å²) in [5.41, 5.74) is 6.56. The fourth-order valence-electron chi connectivity index (χ4n) is 3.36. The van der Waals surface area contributed by atoms with E-state index in [-0.39, 0.29) is 18.3 Å². The maximum absolute atomic E-state index is 13.3. The number of hydrogen-bond donors (Lipinski definition) is 6. The molecule has 1 heterocycles. The molecule has 198 valence electrons. The molecule has 1 aromatic heterocycles. The molecular formula is C23H40N6O5S. The molecule has 0 aliphatic rings. The zero-order valence-electron chi connectivity index (χ0n) is 21.2. The molecule has 0 bridgehead atoms. The number of nitrogens with two attached hydrogens (primary N) is 1. The minimum atomic E-state index is -1.15. The van der Waals surface area contributed by atoms with E-state index in [4.69, 9.17) is 5.73 Å². The van der Waals surface area contributed by atoms with E-state index in [1.54, 1.807) is 18.7 Å². The summed E-state index contributed by atoms with van der Waals surface area (Å²) in [6, 6.07) is -3.84. The van der Waals surface area contributed by atoms with Crippen molar-refractivity contribution in [2.24, 2.45) is 17.6 Å². The molecule has 1 aromatic rings. The van der Waals surface area contributed by atoms with Crippen molar-refractivity contribution in [3.05, 3.63) is 18.2 Å². The highest BCUT2D eigenvalue weighted by Gasteiger charge is 2.33. The summed E-state index contributed by atoms with van der Waals surface area (Å²) in [6.07, 6.45) is 6.58. The van der Waals surface area contributed by atoms with E-state index < -0.39 is 47.9 Å². The standard InChI is InChI=1S/C23H40N6O5S/c1-6-13(3)18(28-20(30)16(24)8-9-35-5)22(32)27-17(10-15-11-25-12-26-15)21(31)29-19(23(33)34)14(4)7-2/h11-14,16-19H,6-10,24H2,1-5H3,(H,25,26)(H,27,32)(H,28,30)(H,29,31)(H,33,34). The first-order valence-corrected chi connectivity index (χ1v) is 13.3. The molecule has 35 heavy (non-hydrogen) atoms. The molecule has 0 fully saturated rings. The van der Waals surface area contributed by atoms with Crippen LogP contribution in [0.2, 0.25) is 0 Å². The second-order valence-corrected chi connectivity index (χ2v) is 9.80. The molecule has 3 amide bonds. The molecule has 7 N–H and O–H groups in total. The van der Waals surface area contributed by atoms with E-state index in [9.17, 15) is 24.3 Å². The number of aromatic nitrogens is 2. The zero-order chi connectivity index (χ0) is 26.5. The van der Waals surface area contributed by atoms with E-state index in [0.717, 1.165) is 0 Å². The van der Waals surface area contributed by atoms with Crippen molar-refractivity contribution in [3.8, 4) is 0 Å². The third-order valence-electron chi connectivity index (χ3n) is 6.15. The second kappa shape index (κ2) is 15.4. The van der Waals surface area contributed by atoms with Gasteiger partial charge in [-0.3, -0.25) is 14.4 Å². The Hall–Kier alpha value is -2.60. The fraction of sp³-hybridized carbons (Fsp3) is 0.696. The lowest BCUT2D eigenvalue weighted by molar-refractivity contribution is -0.143. The number of amides is 3. The second-order valence-electron chi connectivity index (χ2n) is 8.81. The molecule has 0 aliphatic carbocycles. The smallest absolute Gasteiger partial charge is 0.326 e. The Labute approximate surface area is 211 Å². The third kappa shape index (κ3) is 9.88. The fourth-order valence-corrected chi connectivity index (χ4v) is 3.85. The summed E-state index contributed by atoms with van der Waals surface area (Å²) in [5, 5.41) is 17.6. The summed E-state index contributed by atoms with van der Waals surface area (Å²) in [5.74, 6) is -2.59. The zero-order valence-corrected chi connectivity index (χ0v) is 22.0. The first-order valence-electron chi connectivity index (χ1n) is 11.9. The maximum atomic E-state index is 13.3. The average Bonchev–Trinajstić information content (AvgIpc) is 3.35. The molecule has 0 saturated heterocycles. The Morgan fingerprint density at radius 2 is 1.63 bits per heavy atom. The quantitative estimate of drug-likeness (QED) is 0.187. The highest BCUT2D eigenvalue weighted by Crippen LogP contribution is 2.12. The van der Waals surface area contributed by atoms with Crippen molar-refractivity contribution >= 4 is 35.5 Å². The minimum Gasteiger partial charge on any atom is -0.480 e. The van der Waals surface area contributed by atoms with Crippen LogP contribution in [0.4, 0.5) is 0 Å². The van der Waals surface area contributed by atoms with E-state index in [1.165, 1.54) is 12.5 Å². The Balaban J connectivity index is 3.08. The van der Waals surface area contributed by atoms with Crippen LogP contribution in [0.3, 0.4) is 0 Å². The molecular weight excluding hydrogens is 472 g/mol. The van der Waals surface area contributed by atoms with Crippen LogP contribution in [0.25, 0.3) is 0 Å². The van der Waals surface area contributed by atoms with Gasteiger partial charge in [-0.2, -0.15) is 11.8 Å². The molecule has 6 atom stereocenters. The highest BCUT2D eigenvalue weighted by molar-refractivity contribution is 7.98. The van der Waals surface area contributed by atoms with Crippen molar-refractivity contribution in [1.82, 2.24) is 25.9 Å². The highest BCUT2D eigenvalue weighted by atomic mass is 32.2. The lowest BCUT2D eigenvalue weighted by Crippen LogP contribution is -2.59. The van der Waals surface area contributed by atoms with Gasteiger partial charge in [-0.1, -0.05) is 40.5 Å². The number of carboxylic acids is 1. The number of nitrogens with zero attached hydrogens (tertiary/aromatic N) is 1. The number of hydrogen-bond acceptors (Lipinski definition) is 7. The van der Waals surface area contributed by atoms with Gasteiger partial charge in [0.05, 0.1) is 12.4 Å². The number of carbonyl (C=O) groups is 4. The number of aliphatic carboxylic acids is 1. The normalized spacial score (nSPS) is 16.3. The van der Waals surface area contributed by atoms with Gasteiger partial charge in [0.2, 0.25) is 17.7 Å². The molecule has 0 radical (unpaired) electrons. The topological polar surface area (TPSA) is 179 Å². The summed E-state index contributed by atoms with van der Waals surface area (Å²) < 4.78 is 0. The predicted molar refractivity (Wildman–Crippen MR) is 136 cm³/mol. The van der Waals surface area contributed by atoms with Crippen LogP contribution in [0.5, 0.6) is 0 Å². The maximum Gasteiger partial charge on any atom is 0.326 e. The number of aromatic amines is 1. The third-order valence-corrected chi connectivity index (χ3v) is 6.80. The predicted octanol–water partition coefficient (Wildman–Crippen LogP) is 0.664. The number of carbonyl (C=O) groups excluding carboxylic acids is 3. The van der Waals surface area contributed by atoms with Crippen molar-refractivity contribution in [2.75, 3.05) is 12.0 Å². The molecule has 12 heteroatoms. The van der Waals surface area contributed by atoms with Gasteiger partial charge < -0.3 is 31.8 Å². The van der Waals surface area contributed by atoms with Gasteiger partial charge in [0.25, 0.3) is 0 Å². The Morgan fingerprint density at radius 1 is 1.03 bits per heavy atom. The number of thioether (sulfide) groups is 1. The van der Waals surface area contributed by atoms with Gasteiger partial charge in [-0.25, -0.2) is 9.78 Å². The molecule has 1 rings (SSSR count). The Morgan fingerprint density at radius 3 is 2.14 bits per heavy atom. The molecule has 0 aromatic carbocycles. The molecule has 11 nitrogen and oxygen atoms in total. The van der Waals surface area contributed by atoms with Crippen molar-refractivity contribution in [2.45, 2.75) is 77.5 Å². The van der Waals surface area contributed by atoms with Crippen LogP contribution in [0.1, 0.15) is 52.7 Å². The van der Waals surface area contributed by atoms with Crippen LogP contribution in [0.15, 0.2) is 12.5 Å². The monoisotopic (exact) mass is 512 g/mol. The van der Waals surface area contributed by atoms with Crippen LogP contribution in [-0.2, 0) is 25.6 Å². The van der Waals surface area contributed by atoms with Crippen LogP contribution < -0.4 is 21.7 Å². The first-order chi connectivity index (χ1) is 16.5. The largest absolute Gasteiger partial charge is 0.480 e. The number of nitrogens with one attached hydrogen (secondary N) is 4. The van der Waals surface area contributed by atoms with Crippen LogP contribution in [-0.4, -0.2) is 74.9 Å². The van der Waals surface area contributed by atoms with Crippen molar-refractivity contribution in [3.63, 3.8) is 0 Å². The van der Waals surface area contributed by atoms with Gasteiger partial charge in [0, 0.05) is 18.3 Å². The van der Waals surface area contributed by atoms with E-state index in [2.05, 4.69) is 25.9 Å². The summed E-state index contributed by atoms with van der Waals surface area (Å²) in [6.45, 7) is 7.28. The van der Waals surface area contributed by atoms with Gasteiger partial charge >= 0.3 is 5.97 Å². The SMILES string of the molecule is CCC(C)C(NC(=O)C(Cc1cnc[nH]1)NC(=O)C(NC(=O)C(N)CCSC)C(C)CC)C(=O)O. The molecule has 0 aliphatic heterocycles. The molecule has 0 saturated carbocycles. The summed E-state index contributed by atoms with van der Waals surface area (Å²) in [7, 11) is 0. The lowest BCUT2D eigenvalue weighted by Gasteiger charge is -2.28. The van der Waals surface area contributed by atoms with E-state index in [1.807, 2.05) is 27.0 Å². The lowest BCUT2D eigenvalue weighted by atomic mass is 9.96. The minimum absolute atomic E-state index is 0.0683. The molecule has 0 spiro atoms. The van der Waals surface area contributed by atoms with Crippen LogP contribution >= 0.6 is 11.8 Å². The van der Waals surface area contributed by atoms with Crippen molar-refractivity contribution < 1.29 is 24.3 Å².